The molecule has 0 heterocycles. The zero-order valence-corrected chi connectivity index (χ0v) is 13.9. The average molecular weight is 389 g/mol. The molecule has 0 aliphatic carbocycles. The molecular weight excluding hydrogens is 375 g/mol. The lowest BCUT2D eigenvalue weighted by molar-refractivity contribution is 0.905. The molecule has 0 radical (unpaired) electrons. The molecule has 94 valence electrons. The van der Waals surface area contributed by atoms with Crippen molar-refractivity contribution in [3.05, 3.63) is 68.1 Å². The van der Waals surface area contributed by atoms with Gasteiger partial charge in [0.25, 0.3) is 0 Å². The minimum atomic E-state index is -0.0297. The first kappa shape index (κ1) is 14.1. The van der Waals surface area contributed by atoms with E-state index in [1.807, 2.05) is 12.1 Å². The Kier molecular flexibility index (Phi) is 4.88. The summed E-state index contributed by atoms with van der Waals surface area (Å²) in [6, 6.07) is 14.5. The van der Waals surface area contributed by atoms with Crippen molar-refractivity contribution in [2.75, 3.05) is 0 Å². The smallest absolute Gasteiger partial charge is 0.0637 e. The highest BCUT2D eigenvalue weighted by molar-refractivity contribution is 9.11. The number of rotatable bonds is 3. The number of benzene rings is 2. The van der Waals surface area contributed by atoms with Gasteiger partial charge >= 0.3 is 0 Å². The van der Waals surface area contributed by atoms with Crippen LogP contribution in [-0.4, -0.2) is 0 Å². The van der Waals surface area contributed by atoms with Crippen LogP contribution in [0, 0.1) is 6.92 Å². The number of alkyl halides is 1. The van der Waals surface area contributed by atoms with Gasteiger partial charge in [0.2, 0.25) is 0 Å². The summed E-state index contributed by atoms with van der Waals surface area (Å²) in [5.41, 5.74) is 3.70. The minimum Gasteiger partial charge on any atom is -0.117 e. The summed E-state index contributed by atoms with van der Waals surface area (Å²) >= 11 is 13.6. The van der Waals surface area contributed by atoms with Crippen molar-refractivity contribution >= 4 is 43.5 Å². The van der Waals surface area contributed by atoms with E-state index < -0.39 is 0 Å². The molecule has 2 rings (SSSR count). The zero-order chi connectivity index (χ0) is 13.1. The van der Waals surface area contributed by atoms with E-state index in [0.717, 1.165) is 20.9 Å². The molecule has 0 nitrogen and oxygen atoms in total. The summed E-state index contributed by atoms with van der Waals surface area (Å²) in [6.45, 7) is 2.12. The van der Waals surface area contributed by atoms with Gasteiger partial charge in [-0.1, -0.05) is 56.1 Å². The van der Waals surface area contributed by atoms with Gasteiger partial charge in [-0.15, -0.1) is 11.6 Å². The Labute approximate surface area is 130 Å². The van der Waals surface area contributed by atoms with Crippen LogP contribution in [0.15, 0.2) is 51.4 Å². The SMILES string of the molecule is Cc1ccccc1CC(Cl)c1cc(Br)ccc1Br. The van der Waals surface area contributed by atoms with E-state index in [0.29, 0.717) is 0 Å². The fraction of sp³-hybridized carbons (Fsp3) is 0.200. The highest BCUT2D eigenvalue weighted by Crippen LogP contribution is 2.33. The van der Waals surface area contributed by atoms with Gasteiger partial charge in [-0.2, -0.15) is 0 Å². The van der Waals surface area contributed by atoms with E-state index in [2.05, 4.69) is 69.1 Å². The van der Waals surface area contributed by atoms with Gasteiger partial charge in [0.15, 0.2) is 0 Å². The van der Waals surface area contributed by atoms with Gasteiger partial charge in [-0.3, -0.25) is 0 Å². The third-order valence-electron chi connectivity index (χ3n) is 2.96. The second kappa shape index (κ2) is 6.23. The Morgan fingerprint density at radius 2 is 1.83 bits per heavy atom. The monoisotopic (exact) mass is 386 g/mol. The maximum absolute atomic E-state index is 6.54. The van der Waals surface area contributed by atoms with Crippen LogP contribution < -0.4 is 0 Å². The van der Waals surface area contributed by atoms with E-state index in [-0.39, 0.29) is 5.38 Å². The van der Waals surface area contributed by atoms with Crippen LogP contribution in [0.3, 0.4) is 0 Å². The summed E-state index contributed by atoms with van der Waals surface area (Å²) in [5, 5.41) is -0.0297. The third-order valence-corrected chi connectivity index (χ3v) is 4.56. The van der Waals surface area contributed by atoms with Crippen molar-refractivity contribution in [3.8, 4) is 0 Å². The Hall–Kier alpha value is -0.310. The molecular formula is C15H13Br2Cl. The lowest BCUT2D eigenvalue weighted by Crippen LogP contribution is -1.99. The summed E-state index contributed by atoms with van der Waals surface area (Å²) in [7, 11) is 0. The van der Waals surface area contributed by atoms with E-state index >= 15 is 0 Å². The van der Waals surface area contributed by atoms with Crippen LogP contribution in [0.2, 0.25) is 0 Å². The third kappa shape index (κ3) is 3.37. The fourth-order valence-electron chi connectivity index (χ4n) is 1.90. The fourth-order valence-corrected chi connectivity index (χ4v) is 3.28. The Balaban J connectivity index is 2.25. The van der Waals surface area contributed by atoms with Crippen LogP contribution in [0.1, 0.15) is 22.1 Å². The highest BCUT2D eigenvalue weighted by atomic mass is 79.9. The van der Waals surface area contributed by atoms with E-state index in [1.54, 1.807) is 0 Å². The molecule has 0 spiro atoms. The van der Waals surface area contributed by atoms with Gasteiger partial charge in [-0.05, 0) is 48.2 Å². The zero-order valence-electron chi connectivity index (χ0n) is 9.96. The molecule has 0 aliphatic heterocycles. The first-order valence-corrected chi connectivity index (χ1v) is 7.73. The molecule has 0 aromatic heterocycles. The molecule has 0 amide bonds. The summed E-state index contributed by atoms with van der Waals surface area (Å²) in [4.78, 5) is 0. The maximum Gasteiger partial charge on any atom is 0.0637 e. The van der Waals surface area contributed by atoms with Crippen molar-refractivity contribution in [1.29, 1.82) is 0 Å². The van der Waals surface area contributed by atoms with E-state index in [1.165, 1.54) is 11.1 Å². The summed E-state index contributed by atoms with van der Waals surface area (Å²) in [5.74, 6) is 0. The lowest BCUT2D eigenvalue weighted by atomic mass is 10.0. The molecule has 3 heteroatoms. The van der Waals surface area contributed by atoms with Crippen LogP contribution in [0.5, 0.6) is 0 Å². The molecule has 2 aromatic carbocycles. The second-order valence-electron chi connectivity index (χ2n) is 4.26. The molecule has 0 bridgehead atoms. The van der Waals surface area contributed by atoms with Crippen molar-refractivity contribution in [2.45, 2.75) is 18.7 Å². The van der Waals surface area contributed by atoms with Gasteiger partial charge < -0.3 is 0 Å². The first-order chi connectivity index (χ1) is 8.58. The van der Waals surface area contributed by atoms with Crippen molar-refractivity contribution < 1.29 is 0 Å². The second-order valence-corrected chi connectivity index (χ2v) is 6.56. The molecule has 0 saturated heterocycles. The topological polar surface area (TPSA) is 0 Å². The van der Waals surface area contributed by atoms with Crippen molar-refractivity contribution in [2.24, 2.45) is 0 Å². The molecule has 0 aliphatic rings. The number of hydrogen-bond acceptors (Lipinski definition) is 0. The first-order valence-electron chi connectivity index (χ1n) is 5.71. The van der Waals surface area contributed by atoms with Crippen LogP contribution >= 0.6 is 43.5 Å². The predicted octanol–water partition coefficient (Wildman–Crippen LogP) is 6.04. The molecule has 0 fully saturated rings. The van der Waals surface area contributed by atoms with Crippen LogP contribution in [-0.2, 0) is 6.42 Å². The minimum absolute atomic E-state index is 0.0297. The van der Waals surface area contributed by atoms with Gasteiger partial charge in [-0.25, -0.2) is 0 Å². The largest absolute Gasteiger partial charge is 0.117 e. The van der Waals surface area contributed by atoms with E-state index in [9.17, 15) is 0 Å². The molecule has 1 unspecified atom stereocenters. The highest BCUT2D eigenvalue weighted by Gasteiger charge is 2.13. The standard InChI is InChI=1S/C15H13Br2Cl/c1-10-4-2-3-5-11(10)8-15(18)13-9-12(16)6-7-14(13)17/h2-7,9,15H,8H2,1H3. The number of halogens is 3. The number of aryl methyl sites for hydroxylation is 1. The van der Waals surface area contributed by atoms with Crippen molar-refractivity contribution in [3.63, 3.8) is 0 Å². The number of hydrogen-bond donors (Lipinski definition) is 0. The van der Waals surface area contributed by atoms with E-state index in [4.69, 9.17) is 11.6 Å². The molecule has 0 saturated carbocycles. The van der Waals surface area contributed by atoms with Crippen LogP contribution in [0.25, 0.3) is 0 Å². The van der Waals surface area contributed by atoms with Gasteiger partial charge in [0.05, 0.1) is 5.38 Å². The predicted molar refractivity (Wildman–Crippen MR) is 85.3 cm³/mol. The Morgan fingerprint density at radius 3 is 2.56 bits per heavy atom. The Bertz CT molecular complexity index is 552. The summed E-state index contributed by atoms with van der Waals surface area (Å²) < 4.78 is 2.11. The molecule has 18 heavy (non-hydrogen) atoms. The average Bonchev–Trinajstić information content (AvgIpc) is 2.35. The molecule has 2 aromatic rings. The quantitative estimate of drug-likeness (QED) is 0.562. The van der Waals surface area contributed by atoms with Gasteiger partial charge in [0, 0.05) is 8.95 Å². The lowest BCUT2D eigenvalue weighted by Gasteiger charge is -2.14. The van der Waals surface area contributed by atoms with Gasteiger partial charge in [0.1, 0.15) is 0 Å². The summed E-state index contributed by atoms with van der Waals surface area (Å²) in [6.07, 6.45) is 0.837. The normalized spacial score (nSPS) is 12.4. The Morgan fingerprint density at radius 1 is 1.11 bits per heavy atom. The molecule has 0 N–H and O–H groups in total. The maximum atomic E-state index is 6.54. The van der Waals surface area contributed by atoms with Crippen molar-refractivity contribution in [1.82, 2.24) is 0 Å². The van der Waals surface area contributed by atoms with Crippen LogP contribution in [0.4, 0.5) is 0 Å². The molecule has 1 atom stereocenters.